The summed E-state index contributed by atoms with van der Waals surface area (Å²) in [4.78, 5) is 13.5. The Bertz CT molecular complexity index is 2670. The second-order valence-electron chi connectivity index (χ2n) is 12.8. The number of hydrogen-bond acceptors (Lipinski definition) is 2. The molecule has 0 amide bonds. The van der Waals surface area contributed by atoms with Crippen molar-refractivity contribution in [1.29, 1.82) is 0 Å². The minimum atomic E-state index is -3.39. The molecule has 0 spiro atoms. The minimum Gasteiger partial charge on any atom is -0.309 e. The third kappa shape index (κ3) is 4.84. The van der Waals surface area contributed by atoms with E-state index < -0.39 is 14.6 Å². The van der Waals surface area contributed by atoms with Crippen molar-refractivity contribution in [1.82, 2.24) is 0 Å². The Balaban J connectivity index is 1.30. The van der Waals surface area contributed by atoms with E-state index >= 15 is 4.57 Å². The summed E-state index contributed by atoms with van der Waals surface area (Å²) in [6, 6.07) is 65.6. The van der Waals surface area contributed by atoms with Crippen molar-refractivity contribution in [3.05, 3.63) is 194 Å². The van der Waals surface area contributed by atoms with Crippen LogP contribution >= 0.6 is 14.6 Å². The fourth-order valence-electron chi connectivity index (χ4n) is 7.55. The molecular weight excluding hydrogens is 646 g/mol. The summed E-state index contributed by atoms with van der Waals surface area (Å²) in [6.07, 6.45) is 0. The molecule has 0 radical (unpaired) electrons. The van der Waals surface area contributed by atoms with Gasteiger partial charge in [-0.1, -0.05) is 152 Å². The lowest BCUT2D eigenvalue weighted by Gasteiger charge is -2.25. The quantitative estimate of drug-likeness (QED) is 0.178. The van der Waals surface area contributed by atoms with Crippen LogP contribution in [0.4, 0.5) is 0 Å². The lowest BCUT2D eigenvalue weighted by Crippen LogP contribution is -2.33. The molecule has 0 aliphatic carbocycles. The molecule has 0 saturated heterocycles. The topological polar surface area (TPSA) is 37.3 Å². The van der Waals surface area contributed by atoms with Crippen molar-refractivity contribution >= 4 is 89.5 Å². The van der Waals surface area contributed by atoms with E-state index in [2.05, 4.69) is 91.0 Å². The largest absolute Gasteiger partial charge is 0.309 e. The molecule has 4 heteroatoms. The molecule has 9 aromatic carbocycles. The molecule has 9 aromatic rings. The Morgan fingerprint density at radius 3 is 1.42 bits per heavy atom. The van der Waals surface area contributed by atoms with Crippen LogP contribution in [0.2, 0.25) is 0 Å². The summed E-state index contributed by atoms with van der Waals surface area (Å²) in [7, 11) is -6.58. The highest BCUT2D eigenvalue weighted by Gasteiger charge is 2.47. The van der Waals surface area contributed by atoms with Gasteiger partial charge in [0.25, 0.3) is 0 Å². The fourth-order valence-corrected chi connectivity index (χ4v) is 13.5. The van der Waals surface area contributed by atoms with Gasteiger partial charge in [-0.25, -0.2) is 4.89 Å². The van der Waals surface area contributed by atoms with Crippen molar-refractivity contribution in [2.75, 3.05) is 0 Å². The van der Waals surface area contributed by atoms with Gasteiger partial charge in [0, 0.05) is 26.7 Å². The van der Waals surface area contributed by atoms with Gasteiger partial charge in [-0.05, 0) is 74.8 Å². The van der Waals surface area contributed by atoms with E-state index in [9.17, 15) is 4.89 Å². The molecule has 1 unspecified atom stereocenters. The summed E-state index contributed by atoms with van der Waals surface area (Å²) in [6.45, 7) is 0. The Hall–Kier alpha value is -5.36. The van der Waals surface area contributed by atoms with E-state index in [4.69, 9.17) is 0 Å². The molecule has 0 saturated carbocycles. The van der Waals surface area contributed by atoms with Crippen LogP contribution in [0.25, 0.3) is 43.1 Å². The normalized spacial score (nSPS) is 13.1. The van der Waals surface area contributed by atoms with Crippen molar-refractivity contribution in [2.24, 2.45) is 0 Å². The first-order chi connectivity index (χ1) is 24.5. The van der Waals surface area contributed by atoms with Crippen molar-refractivity contribution in [3.63, 3.8) is 0 Å². The van der Waals surface area contributed by atoms with Gasteiger partial charge in [-0.2, -0.15) is 0 Å². The third-order valence-electron chi connectivity index (χ3n) is 10.0. The molecule has 50 heavy (non-hydrogen) atoms. The second-order valence-corrected chi connectivity index (χ2v) is 18.3. The second kappa shape index (κ2) is 12.2. The van der Waals surface area contributed by atoms with Gasteiger partial charge in [0.2, 0.25) is 7.49 Å². The monoisotopic (exact) mass is 679 g/mol. The molecule has 9 rings (SSSR count). The Labute approximate surface area is 292 Å². The Morgan fingerprint density at radius 2 is 0.820 bits per heavy atom. The summed E-state index contributed by atoms with van der Waals surface area (Å²) in [5.41, 5.74) is 0. The Kier molecular flexibility index (Phi) is 7.49. The van der Waals surface area contributed by atoms with E-state index in [-0.39, 0.29) is 0 Å². The molecule has 1 atom stereocenters. The predicted octanol–water partition coefficient (Wildman–Crippen LogP) is 9.14. The molecule has 1 N–H and O–H groups in total. The fraction of sp³-hybridized carbons (Fsp3) is 0. The van der Waals surface area contributed by atoms with E-state index in [1.165, 1.54) is 0 Å². The van der Waals surface area contributed by atoms with Gasteiger partial charge in [0.05, 0.1) is 0 Å². The van der Waals surface area contributed by atoms with Gasteiger partial charge in [-0.15, -0.1) is 0 Å². The number of hydrogen-bond donors (Lipinski definition) is 1. The van der Waals surface area contributed by atoms with E-state index in [1.54, 1.807) is 0 Å². The molecule has 238 valence electrons. The summed E-state index contributed by atoms with van der Waals surface area (Å²) < 4.78 is 16.1. The first-order valence-electron chi connectivity index (χ1n) is 16.8. The van der Waals surface area contributed by atoms with Crippen molar-refractivity contribution in [3.8, 4) is 0 Å². The maximum Gasteiger partial charge on any atom is 0.239 e. The molecule has 0 aliphatic rings. The van der Waals surface area contributed by atoms with Gasteiger partial charge in [0.15, 0.2) is 7.14 Å². The van der Waals surface area contributed by atoms with Gasteiger partial charge in [-0.3, -0.25) is 0 Å². The predicted molar refractivity (Wildman–Crippen MR) is 217 cm³/mol. The minimum absolute atomic E-state index is 0.732. The zero-order valence-electron chi connectivity index (χ0n) is 27.2. The molecular formula is C46H33O2P2+. The van der Waals surface area contributed by atoms with Gasteiger partial charge >= 0.3 is 0 Å². The van der Waals surface area contributed by atoms with E-state index in [1.807, 2.05) is 103 Å². The maximum absolute atomic E-state index is 16.1. The number of rotatable bonds is 6. The molecule has 2 nitrogen and oxygen atoms in total. The number of benzene rings is 9. The SMILES string of the molecule is O=P(c1ccc([P+](O)(c2cccc3ccccc23)c2cccc3ccccc23)cc1)(c1ccc2ccccc2c1)c1cccc2ccccc12. The van der Waals surface area contributed by atoms with Gasteiger partial charge < -0.3 is 4.57 Å². The standard InChI is InChI=1S/C46H33O2P2/c47-49(40-27-26-33-12-1-2-16-37(33)32-40,44-23-9-17-34-13-3-6-20-41(34)44)38-28-30-39(31-29-38)50(48,45-24-10-18-35-14-4-7-21-42(35)45)46-25-11-19-36-15-5-8-22-43(36)46/h1-32,48H/q+1. The Morgan fingerprint density at radius 1 is 0.380 bits per heavy atom. The van der Waals surface area contributed by atoms with Gasteiger partial charge in [0.1, 0.15) is 15.9 Å². The van der Waals surface area contributed by atoms with Crippen LogP contribution in [-0.4, -0.2) is 4.89 Å². The summed E-state index contributed by atoms with van der Waals surface area (Å²) >= 11 is 0. The van der Waals surface area contributed by atoms with Crippen molar-refractivity contribution in [2.45, 2.75) is 0 Å². The van der Waals surface area contributed by atoms with Crippen LogP contribution in [0.3, 0.4) is 0 Å². The van der Waals surface area contributed by atoms with Crippen molar-refractivity contribution < 1.29 is 9.46 Å². The van der Waals surface area contributed by atoms with Crippen LogP contribution in [0.1, 0.15) is 0 Å². The van der Waals surface area contributed by atoms with Crippen LogP contribution in [0.5, 0.6) is 0 Å². The molecule has 0 aliphatic heterocycles. The van der Waals surface area contributed by atoms with Crippen LogP contribution in [0.15, 0.2) is 194 Å². The molecule has 0 bridgehead atoms. The lowest BCUT2D eigenvalue weighted by atomic mass is 10.1. The maximum atomic E-state index is 16.1. The molecule has 0 fully saturated rings. The lowest BCUT2D eigenvalue weighted by molar-refractivity contribution is 0.592. The third-order valence-corrected chi connectivity index (χ3v) is 16.3. The molecule has 0 heterocycles. The van der Waals surface area contributed by atoms with Crippen LogP contribution in [-0.2, 0) is 4.57 Å². The van der Waals surface area contributed by atoms with E-state index in [0.29, 0.717) is 0 Å². The average molecular weight is 680 g/mol. The first-order valence-corrected chi connectivity index (χ1v) is 20.3. The van der Waals surface area contributed by atoms with E-state index in [0.717, 1.165) is 74.9 Å². The smallest absolute Gasteiger partial charge is 0.239 e. The highest BCUT2D eigenvalue weighted by Crippen LogP contribution is 2.54. The zero-order chi connectivity index (χ0) is 33.7. The highest BCUT2D eigenvalue weighted by molar-refractivity contribution is 7.91. The van der Waals surface area contributed by atoms with Crippen LogP contribution in [0, 0.1) is 0 Å². The van der Waals surface area contributed by atoms with Crippen LogP contribution < -0.4 is 31.8 Å². The molecule has 0 aromatic heterocycles. The first kappa shape index (κ1) is 30.7. The zero-order valence-corrected chi connectivity index (χ0v) is 29.0. The summed E-state index contributed by atoms with van der Waals surface area (Å²) in [5.74, 6) is 0. The summed E-state index contributed by atoms with van der Waals surface area (Å²) in [5, 5.41) is 13.4. The number of fused-ring (bicyclic) bond motifs is 4. The highest BCUT2D eigenvalue weighted by atomic mass is 31.2. The average Bonchev–Trinajstić information content (AvgIpc) is 3.19.